The molecule has 3 rings (SSSR count). The molecule has 1 aromatic heterocycles. The number of nitriles is 1. The smallest absolute Gasteiger partial charge is 0.161 e. The highest BCUT2D eigenvalue weighted by atomic mass is 79.9. The predicted molar refractivity (Wildman–Crippen MR) is 82.1 cm³/mol. The molecule has 0 saturated heterocycles. The van der Waals surface area contributed by atoms with Crippen LogP contribution in [-0.4, -0.2) is 5.78 Å². The lowest BCUT2D eigenvalue weighted by Gasteiger charge is -2.31. The van der Waals surface area contributed by atoms with Gasteiger partial charge < -0.3 is 5.32 Å². The van der Waals surface area contributed by atoms with Gasteiger partial charge in [0.1, 0.15) is 0 Å². The number of hydrogen-bond acceptors (Lipinski definition) is 4. The minimum atomic E-state index is -0.194. The highest BCUT2D eigenvalue weighted by Crippen LogP contribution is 2.44. The molecular weight excluding hydrogens is 336 g/mol. The molecule has 0 radical (unpaired) electrons. The van der Waals surface area contributed by atoms with Crippen LogP contribution in [0, 0.1) is 11.3 Å². The van der Waals surface area contributed by atoms with E-state index in [9.17, 15) is 10.1 Å². The molecule has 2 heterocycles. The molecule has 5 heteroatoms. The van der Waals surface area contributed by atoms with Crippen molar-refractivity contribution in [2.75, 3.05) is 0 Å². The molecule has 20 heavy (non-hydrogen) atoms. The molecule has 0 spiro atoms. The lowest BCUT2D eigenvalue weighted by atomic mass is 9.78. The normalized spacial score (nSPS) is 22.4. The van der Waals surface area contributed by atoms with Crippen LogP contribution < -0.4 is 5.32 Å². The molecule has 1 aliphatic heterocycles. The number of dihydropyridines is 1. The summed E-state index contributed by atoms with van der Waals surface area (Å²) in [6.45, 7) is 1.91. The fourth-order valence-electron chi connectivity index (χ4n) is 2.90. The van der Waals surface area contributed by atoms with Gasteiger partial charge in [0.2, 0.25) is 0 Å². The lowest BCUT2D eigenvalue weighted by molar-refractivity contribution is -0.116. The number of allylic oxidation sites excluding steroid dienone is 4. The van der Waals surface area contributed by atoms with Crippen molar-refractivity contribution in [1.29, 1.82) is 5.26 Å². The molecule has 1 atom stereocenters. The van der Waals surface area contributed by atoms with Crippen molar-refractivity contribution in [3.8, 4) is 6.07 Å². The molecule has 3 nitrogen and oxygen atoms in total. The van der Waals surface area contributed by atoms with E-state index in [2.05, 4.69) is 27.3 Å². The Balaban J connectivity index is 2.18. The van der Waals surface area contributed by atoms with E-state index in [0.717, 1.165) is 39.2 Å². The van der Waals surface area contributed by atoms with Crippen molar-refractivity contribution < 1.29 is 4.79 Å². The van der Waals surface area contributed by atoms with Crippen LogP contribution in [0.5, 0.6) is 0 Å². The summed E-state index contributed by atoms with van der Waals surface area (Å²) in [5.74, 6) is -0.0196. The summed E-state index contributed by atoms with van der Waals surface area (Å²) in [5, 5.41) is 14.7. The molecule has 0 bridgehead atoms. The van der Waals surface area contributed by atoms with Crippen LogP contribution in [0.1, 0.15) is 37.0 Å². The van der Waals surface area contributed by atoms with Gasteiger partial charge in [0.15, 0.2) is 5.78 Å². The van der Waals surface area contributed by atoms with E-state index in [4.69, 9.17) is 0 Å². The molecule has 1 aromatic rings. The number of Topliss-reactive ketones (excluding diaryl/α,β-unsaturated/α-hetero) is 1. The third-order valence-corrected chi connectivity index (χ3v) is 5.53. The summed E-state index contributed by atoms with van der Waals surface area (Å²) in [7, 11) is 0. The van der Waals surface area contributed by atoms with Crippen molar-refractivity contribution in [3.05, 3.63) is 43.3 Å². The van der Waals surface area contributed by atoms with Gasteiger partial charge in [0.05, 0.1) is 17.6 Å². The topological polar surface area (TPSA) is 52.9 Å². The van der Waals surface area contributed by atoms with Crippen LogP contribution in [0.25, 0.3) is 0 Å². The quantitative estimate of drug-likeness (QED) is 0.834. The largest absolute Gasteiger partial charge is 0.361 e. The Morgan fingerprint density at radius 1 is 1.50 bits per heavy atom. The van der Waals surface area contributed by atoms with Crippen LogP contribution in [0.3, 0.4) is 0 Å². The minimum absolute atomic E-state index is 0.175. The molecular formula is C15H13BrN2OS. The maximum Gasteiger partial charge on any atom is 0.161 e. The second-order valence-corrected chi connectivity index (χ2v) is 6.90. The lowest BCUT2D eigenvalue weighted by Crippen LogP contribution is -2.30. The highest BCUT2D eigenvalue weighted by Gasteiger charge is 2.36. The van der Waals surface area contributed by atoms with Gasteiger partial charge in [-0.25, -0.2) is 0 Å². The van der Waals surface area contributed by atoms with E-state index in [1.807, 2.05) is 18.4 Å². The Labute approximate surface area is 130 Å². The van der Waals surface area contributed by atoms with Crippen LogP contribution >= 0.6 is 27.3 Å². The number of carbonyl (C=O) groups excluding carboxylic acids is 1. The number of thiophene rings is 1. The Kier molecular flexibility index (Phi) is 3.53. The van der Waals surface area contributed by atoms with Gasteiger partial charge >= 0.3 is 0 Å². The molecule has 102 valence electrons. The van der Waals surface area contributed by atoms with Crippen molar-refractivity contribution >= 4 is 33.0 Å². The first-order chi connectivity index (χ1) is 9.61. The molecule has 0 unspecified atom stereocenters. The zero-order chi connectivity index (χ0) is 14.3. The molecule has 0 aromatic carbocycles. The number of nitrogens with one attached hydrogen (secondary N) is 1. The van der Waals surface area contributed by atoms with Crippen molar-refractivity contribution in [1.82, 2.24) is 5.32 Å². The summed E-state index contributed by atoms with van der Waals surface area (Å²) >= 11 is 5.04. The number of carbonyl (C=O) groups is 1. The van der Waals surface area contributed by atoms with Crippen molar-refractivity contribution in [2.24, 2.45) is 0 Å². The number of hydrogen-bond donors (Lipinski definition) is 1. The summed E-state index contributed by atoms with van der Waals surface area (Å²) < 4.78 is 0.997. The fraction of sp³-hybridized carbons (Fsp3) is 0.333. The Morgan fingerprint density at radius 2 is 2.30 bits per heavy atom. The minimum Gasteiger partial charge on any atom is -0.361 e. The summed E-state index contributed by atoms with van der Waals surface area (Å²) in [6, 6.07) is 4.30. The molecule has 0 saturated carbocycles. The Hall–Kier alpha value is -1.38. The number of ketones is 1. The van der Waals surface area contributed by atoms with E-state index in [-0.39, 0.29) is 11.7 Å². The van der Waals surface area contributed by atoms with E-state index < -0.39 is 0 Å². The zero-order valence-electron chi connectivity index (χ0n) is 11.0. The van der Waals surface area contributed by atoms with E-state index in [1.165, 1.54) is 0 Å². The maximum absolute atomic E-state index is 12.4. The van der Waals surface area contributed by atoms with E-state index in [1.54, 1.807) is 11.3 Å². The highest BCUT2D eigenvalue weighted by molar-refractivity contribution is 9.10. The summed E-state index contributed by atoms with van der Waals surface area (Å²) in [6.07, 6.45) is 2.36. The molecule has 1 N–H and O–H groups in total. The first kappa shape index (κ1) is 13.6. The Morgan fingerprint density at radius 3 is 2.95 bits per heavy atom. The van der Waals surface area contributed by atoms with Gasteiger partial charge in [0, 0.05) is 38.1 Å². The van der Waals surface area contributed by atoms with Gasteiger partial charge in [-0.05, 0) is 41.8 Å². The standard InChI is InChI=1S/C15H13BrN2OS/c1-8-10(6-17)14(13-5-9(16)7-20-13)15-11(18-8)3-2-4-12(15)19/h5,7,14,18H,2-4H2,1H3/t14-/m1/s1. The summed E-state index contributed by atoms with van der Waals surface area (Å²) in [5.41, 5.74) is 3.34. The van der Waals surface area contributed by atoms with Crippen molar-refractivity contribution in [3.63, 3.8) is 0 Å². The van der Waals surface area contributed by atoms with Gasteiger partial charge in [-0.1, -0.05) is 0 Å². The van der Waals surface area contributed by atoms with Gasteiger partial charge in [-0.15, -0.1) is 11.3 Å². The van der Waals surface area contributed by atoms with Crippen LogP contribution in [0.15, 0.2) is 38.5 Å². The zero-order valence-corrected chi connectivity index (χ0v) is 13.4. The van der Waals surface area contributed by atoms with Crippen LogP contribution in [0.2, 0.25) is 0 Å². The second-order valence-electron chi connectivity index (χ2n) is 5.04. The first-order valence-corrected chi connectivity index (χ1v) is 8.17. The average Bonchev–Trinajstić information content (AvgIpc) is 2.84. The van der Waals surface area contributed by atoms with Gasteiger partial charge in [-0.3, -0.25) is 4.79 Å². The Bertz CT molecular complexity index is 693. The molecule has 0 fully saturated rings. The number of rotatable bonds is 1. The molecule has 2 aliphatic rings. The fourth-order valence-corrected chi connectivity index (χ4v) is 4.46. The van der Waals surface area contributed by atoms with Gasteiger partial charge in [-0.2, -0.15) is 5.26 Å². The van der Waals surface area contributed by atoms with Crippen LogP contribution in [0.4, 0.5) is 0 Å². The summed E-state index contributed by atoms with van der Waals surface area (Å²) in [4.78, 5) is 13.4. The average molecular weight is 349 g/mol. The third-order valence-electron chi connectivity index (χ3n) is 3.77. The number of halogens is 1. The number of nitrogens with zero attached hydrogens (tertiary/aromatic N) is 1. The molecule has 0 amide bonds. The monoisotopic (exact) mass is 348 g/mol. The third kappa shape index (κ3) is 2.13. The van der Waals surface area contributed by atoms with E-state index in [0.29, 0.717) is 12.0 Å². The van der Waals surface area contributed by atoms with E-state index >= 15 is 0 Å². The van der Waals surface area contributed by atoms with Crippen LogP contribution in [-0.2, 0) is 4.79 Å². The molecule has 1 aliphatic carbocycles. The predicted octanol–water partition coefficient (Wildman–Crippen LogP) is 4.00. The maximum atomic E-state index is 12.4. The van der Waals surface area contributed by atoms with Gasteiger partial charge in [0.25, 0.3) is 0 Å². The van der Waals surface area contributed by atoms with Crippen molar-refractivity contribution in [2.45, 2.75) is 32.1 Å². The first-order valence-electron chi connectivity index (χ1n) is 6.50. The second kappa shape index (κ2) is 5.19. The SMILES string of the molecule is CC1=C(C#N)[C@H](c2cc(Br)cs2)C2=C(CCCC2=O)N1.